The number of ether oxygens (including phenoxy) is 1. The number of nitrogens with two attached hydrogens (primary N) is 2. The van der Waals surface area contributed by atoms with Gasteiger partial charge in [0.15, 0.2) is 0 Å². The number of carbonyl (C=O) groups is 1. The maximum atomic E-state index is 10.5. The lowest BCUT2D eigenvalue weighted by molar-refractivity contribution is 0.00671. The smallest absolute Gasteiger partial charge is 0.404 e. The second kappa shape index (κ2) is 4.43. The Morgan fingerprint density at radius 2 is 2.00 bits per heavy atom. The molecule has 0 fully saturated rings. The zero-order chi connectivity index (χ0) is 10.6. The van der Waals surface area contributed by atoms with Crippen LogP contribution in [0.2, 0.25) is 0 Å². The summed E-state index contributed by atoms with van der Waals surface area (Å²) in [5.74, 6) is 0. The molecule has 2 atom stereocenters. The standard InChI is InChI=1S/C8H18N2O3/c1-8(2,3)6(5(9)4-11)13-7(10)12/h5-6,11H,4,9H2,1-3H3,(H2,10,12)/t5-,6?/m0/s1. The van der Waals surface area contributed by atoms with Crippen LogP contribution in [0.15, 0.2) is 0 Å². The molecule has 0 bridgehead atoms. The number of hydrogen-bond donors (Lipinski definition) is 3. The van der Waals surface area contributed by atoms with Gasteiger partial charge in [0.05, 0.1) is 12.6 Å². The fraction of sp³-hybridized carbons (Fsp3) is 0.875. The number of aliphatic hydroxyl groups is 1. The summed E-state index contributed by atoms with van der Waals surface area (Å²) in [7, 11) is 0. The van der Waals surface area contributed by atoms with E-state index < -0.39 is 18.2 Å². The molecule has 13 heavy (non-hydrogen) atoms. The lowest BCUT2D eigenvalue weighted by Gasteiger charge is -2.33. The highest BCUT2D eigenvalue weighted by Crippen LogP contribution is 2.24. The van der Waals surface area contributed by atoms with Crippen LogP contribution in [0.3, 0.4) is 0 Å². The van der Waals surface area contributed by atoms with Gasteiger partial charge in [0.2, 0.25) is 0 Å². The van der Waals surface area contributed by atoms with Crippen LogP contribution in [-0.4, -0.2) is 30.0 Å². The van der Waals surface area contributed by atoms with Gasteiger partial charge < -0.3 is 21.3 Å². The van der Waals surface area contributed by atoms with E-state index in [2.05, 4.69) is 0 Å². The van der Waals surface area contributed by atoms with Crippen molar-refractivity contribution in [1.29, 1.82) is 0 Å². The summed E-state index contributed by atoms with van der Waals surface area (Å²) < 4.78 is 4.82. The minimum Gasteiger partial charge on any atom is -0.444 e. The topological polar surface area (TPSA) is 98.6 Å². The fourth-order valence-corrected chi connectivity index (χ4v) is 1.13. The second-order valence-corrected chi connectivity index (χ2v) is 4.07. The average Bonchev–Trinajstić information content (AvgIpc) is 1.96. The quantitative estimate of drug-likeness (QED) is 0.574. The lowest BCUT2D eigenvalue weighted by Crippen LogP contribution is -2.49. The third-order valence-electron chi connectivity index (χ3n) is 1.70. The van der Waals surface area contributed by atoms with E-state index >= 15 is 0 Å². The second-order valence-electron chi connectivity index (χ2n) is 4.07. The fourth-order valence-electron chi connectivity index (χ4n) is 1.13. The Labute approximate surface area is 78.0 Å². The van der Waals surface area contributed by atoms with Gasteiger partial charge in [-0.15, -0.1) is 0 Å². The molecule has 0 aromatic rings. The highest BCUT2D eigenvalue weighted by atomic mass is 16.6. The Morgan fingerprint density at radius 1 is 1.54 bits per heavy atom. The maximum absolute atomic E-state index is 10.5. The Kier molecular flexibility index (Phi) is 4.16. The summed E-state index contributed by atoms with van der Waals surface area (Å²) in [6.07, 6.45) is -1.45. The molecule has 0 saturated heterocycles. The van der Waals surface area contributed by atoms with E-state index in [1.54, 1.807) is 0 Å². The number of aliphatic hydroxyl groups excluding tert-OH is 1. The molecule has 0 aliphatic heterocycles. The Balaban J connectivity index is 4.46. The number of carbonyl (C=O) groups excluding carboxylic acids is 1. The van der Waals surface area contributed by atoms with Gasteiger partial charge >= 0.3 is 6.09 Å². The molecule has 0 rings (SSSR count). The molecule has 0 aromatic heterocycles. The van der Waals surface area contributed by atoms with Crippen molar-refractivity contribution in [3.05, 3.63) is 0 Å². The van der Waals surface area contributed by atoms with E-state index in [1.807, 2.05) is 20.8 Å². The molecule has 0 radical (unpaired) electrons. The number of rotatable bonds is 3. The lowest BCUT2D eigenvalue weighted by atomic mass is 9.85. The van der Waals surface area contributed by atoms with Crippen LogP contribution in [-0.2, 0) is 4.74 Å². The van der Waals surface area contributed by atoms with Gasteiger partial charge in [0.1, 0.15) is 6.10 Å². The molecule has 0 spiro atoms. The minimum absolute atomic E-state index is 0.241. The molecule has 1 unspecified atom stereocenters. The van der Waals surface area contributed by atoms with Gasteiger partial charge in [-0.05, 0) is 0 Å². The molecule has 0 saturated carbocycles. The molecule has 78 valence electrons. The monoisotopic (exact) mass is 190 g/mol. The van der Waals surface area contributed by atoms with Gasteiger partial charge in [-0.2, -0.15) is 0 Å². The van der Waals surface area contributed by atoms with Crippen LogP contribution in [0.1, 0.15) is 20.8 Å². The number of amides is 1. The molecule has 5 N–H and O–H groups in total. The predicted octanol–water partition coefficient (Wildman–Crippen LogP) is -0.184. The van der Waals surface area contributed by atoms with E-state index in [0.717, 1.165) is 0 Å². The Bertz CT molecular complexity index is 177. The first-order valence-electron chi connectivity index (χ1n) is 4.11. The van der Waals surface area contributed by atoms with Crippen molar-refractivity contribution in [2.75, 3.05) is 6.61 Å². The largest absolute Gasteiger partial charge is 0.444 e. The molecule has 0 aromatic carbocycles. The molecule has 0 aliphatic rings. The summed E-state index contributed by atoms with van der Waals surface area (Å²) in [6, 6.07) is -0.604. The average molecular weight is 190 g/mol. The summed E-state index contributed by atoms with van der Waals surface area (Å²) in [6.45, 7) is 5.33. The van der Waals surface area contributed by atoms with Gasteiger partial charge in [0, 0.05) is 5.41 Å². The molecular formula is C8H18N2O3. The van der Waals surface area contributed by atoms with Crippen molar-refractivity contribution in [3.8, 4) is 0 Å². The zero-order valence-electron chi connectivity index (χ0n) is 8.28. The predicted molar refractivity (Wildman–Crippen MR) is 49.0 cm³/mol. The zero-order valence-corrected chi connectivity index (χ0v) is 8.28. The SMILES string of the molecule is CC(C)(C)C(OC(N)=O)[C@@H](N)CO. The van der Waals surface area contributed by atoms with Gasteiger partial charge in [-0.1, -0.05) is 20.8 Å². The van der Waals surface area contributed by atoms with Crippen LogP contribution < -0.4 is 11.5 Å². The minimum atomic E-state index is -0.871. The van der Waals surface area contributed by atoms with Crippen molar-refractivity contribution >= 4 is 6.09 Å². The number of hydrogen-bond acceptors (Lipinski definition) is 4. The Morgan fingerprint density at radius 3 is 2.23 bits per heavy atom. The van der Waals surface area contributed by atoms with E-state index in [9.17, 15) is 4.79 Å². The van der Waals surface area contributed by atoms with E-state index in [-0.39, 0.29) is 12.0 Å². The van der Waals surface area contributed by atoms with Crippen LogP contribution in [0.25, 0.3) is 0 Å². The van der Waals surface area contributed by atoms with E-state index in [1.165, 1.54) is 0 Å². The Hall–Kier alpha value is -0.810. The maximum Gasteiger partial charge on any atom is 0.404 e. The first kappa shape index (κ1) is 12.2. The van der Waals surface area contributed by atoms with E-state index in [0.29, 0.717) is 0 Å². The van der Waals surface area contributed by atoms with Crippen LogP contribution in [0.4, 0.5) is 4.79 Å². The van der Waals surface area contributed by atoms with Crippen molar-refractivity contribution in [1.82, 2.24) is 0 Å². The summed E-state index contributed by atoms with van der Waals surface area (Å²) in [4.78, 5) is 10.5. The first-order valence-corrected chi connectivity index (χ1v) is 4.11. The summed E-state index contributed by atoms with van der Waals surface area (Å²) >= 11 is 0. The third kappa shape index (κ3) is 4.10. The highest BCUT2D eigenvalue weighted by molar-refractivity contribution is 5.65. The number of primary amides is 1. The third-order valence-corrected chi connectivity index (χ3v) is 1.70. The summed E-state index contributed by atoms with van der Waals surface area (Å²) in [5.41, 5.74) is 10.1. The molecule has 0 aliphatic carbocycles. The molecule has 0 heterocycles. The van der Waals surface area contributed by atoms with Crippen molar-refractivity contribution < 1.29 is 14.6 Å². The van der Waals surface area contributed by atoms with Gasteiger partial charge in [-0.25, -0.2) is 4.79 Å². The molecular weight excluding hydrogens is 172 g/mol. The van der Waals surface area contributed by atoms with Crippen molar-refractivity contribution in [3.63, 3.8) is 0 Å². The van der Waals surface area contributed by atoms with Crippen LogP contribution in [0, 0.1) is 5.41 Å². The summed E-state index contributed by atoms with van der Waals surface area (Å²) in [5, 5.41) is 8.82. The molecule has 1 amide bonds. The first-order chi connectivity index (χ1) is 5.79. The van der Waals surface area contributed by atoms with Gasteiger partial charge in [0.25, 0.3) is 0 Å². The van der Waals surface area contributed by atoms with Gasteiger partial charge in [-0.3, -0.25) is 0 Å². The van der Waals surface area contributed by atoms with Crippen molar-refractivity contribution in [2.24, 2.45) is 16.9 Å². The molecule has 5 heteroatoms. The molecule has 5 nitrogen and oxygen atoms in total. The van der Waals surface area contributed by atoms with Crippen molar-refractivity contribution in [2.45, 2.75) is 32.9 Å². The van der Waals surface area contributed by atoms with Crippen LogP contribution in [0.5, 0.6) is 0 Å². The van der Waals surface area contributed by atoms with E-state index in [4.69, 9.17) is 21.3 Å². The highest BCUT2D eigenvalue weighted by Gasteiger charge is 2.32. The normalized spacial score (nSPS) is 16.4. The van der Waals surface area contributed by atoms with Crippen LogP contribution >= 0.6 is 0 Å².